The highest BCUT2D eigenvalue weighted by atomic mass is 127. The van der Waals surface area contributed by atoms with Gasteiger partial charge in [0.1, 0.15) is 12.3 Å². The quantitative estimate of drug-likeness (QED) is 0.509. The SMILES string of the molecule is COc1cccc(C[N+](C)(C)C)c1.[I-]. The van der Waals surface area contributed by atoms with E-state index in [0.717, 1.165) is 16.8 Å². The van der Waals surface area contributed by atoms with E-state index in [1.807, 2.05) is 12.1 Å². The van der Waals surface area contributed by atoms with Gasteiger partial charge in [0.2, 0.25) is 0 Å². The number of benzene rings is 1. The minimum atomic E-state index is 0. The average Bonchev–Trinajstić information content (AvgIpc) is 2.01. The second-order valence-electron chi connectivity index (χ2n) is 4.30. The molecule has 0 radical (unpaired) electrons. The molecule has 2 nitrogen and oxygen atoms in total. The molecule has 80 valence electrons. The van der Waals surface area contributed by atoms with Crippen molar-refractivity contribution in [1.82, 2.24) is 0 Å². The number of methoxy groups -OCH3 is 1. The van der Waals surface area contributed by atoms with Crippen molar-refractivity contribution in [1.29, 1.82) is 0 Å². The van der Waals surface area contributed by atoms with Crippen molar-refractivity contribution in [3.63, 3.8) is 0 Å². The lowest BCUT2D eigenvalue weighted by atomic mass is 10.2. The maximum Gasteiger partial charge on any atom is 0.119 e. The Hall–Kier alpha value is -0.290. The maximum atomic E-state index is 5.16. The Morgan fingerprint density at radius 2 is 1.86 bits per heavy atom. The van der Waals surface area contributed by atoms with E-state index in [4.69, 9.17) is 4.74 Å². The Balaban J connectivity index is 0.00000169. The number of rotatable bonds is 3. The molecule has 1 aromatic carbocycles. The van der Waals surface area contributed by atoms with Crippen LogP contribution in [0.1, 0.15) is 5.56 Å². The van der Waals surface area contributed by atoms with Gasteiger partial charge in [-0.3, -0.25) is 0 Å². The Bertz CT molecular complexity index is 281. The summed E-state index contributed by atoms with van der Waals surface area (Å²) in [4.78, 5) is 0. The zero-order chi connectivity index (χ0) is 9.90. The molecule has 0 bridgehead atoms. The van der Waals surface area contributed by atoms with Gasteiger partial charge < -0.3 is 33.2 Å². The smallest absolute Gasteiger partial charge is 0.119 e. The lowest BCUT2D eigenvalue weighted by Crippen LogP contribution is -3.00. The number of hydrogen-bond acceptors (Lipinski definition) is 1. The monoisotopic (exact) mass is 307 g/mol. The van der Waals surface area contributed by atoms with Gasteiger partial charge in [-0.05, 0) is 12.1 Å². The van der Waals surface area contributed by atoms with Crippen LogP contribution in [-0.2, 0) is 6.54 Å². The largest absolute Gasteiger partial charge is 1.00 e. The maximum absolute atomic E-state index is 5.16. The van der Waals surface area contributed by atoms with Gasteiger partial charge in [-0.15, -0.1) is 0 Å². The highest BCUT2D eigenvalue weighted by Crippen LogP contribution is 2.14. The molecule has 0 atom stereocenters. The molecular weight excluding hydrogens is 289 g/mol. The van der Waals surface area contributed by atoms with E-state index in [1.54, 1.807) is 7.11 Å². The first kappa shape index (κ1) is 13.7. The highest BCUT2D eigenvalue weighted by Gasteiger charge is 2.08. The third-order valence-electron chi connectivity index (χ3n) is 1.79. The number of quaternary nitrogens is 1. The van der Waals surface area contributed by atoms with Gasteiger partial charge in [0, 0.05) is 5.56 Å². The van der Waals surface area contributed by atoms with E-state index in [9.17, 15) is 0 Å². The van der Waals surface area contributed by atoms with Crippen molar-refractivity contribution < 1.29 is 33.2 Å². The zero-order valence-electron chi connectivity index (χ0n) is 9.25. The van der Waals surface area contributed by atoms with Crippen molar-refractivity contribution in [2.75, 3.05) is 28.3 Å². The molecule has 0 aromatic heterocycles. The molecule has 0 spiro atoms. The van der Waals surface area contributed by atoms with Crippen LogP contribution in [-0.4, -0.2) is 32.7 Å². The molecule has 0 saturated carbocycles. The molecule has 0 fully saturated rings. The van der Waals surface area contributed by atoms with Crippen molar-refractivity contribution in [3.05, 3.63) is 29.8 Å². The van der Waals surface area contributed by atoms with Crippen LogP contribution in [0, 0.1) is 0 Å². The van der Waals surface area contributed by atoms with E-state index < -0.39 is 0 Å². The van der Waals surface area contributed by atoms with Crippen molar-refractivity contribution in [3.8, 4) is 5.75 Å². The summed E-state index contributed by atoms with van der Waals surface area (Å²) in [5.74, 6) is 0.936. The second-order valence-corrected chi connectivity index (χ2v) is 4.30. The number of ether oxygens (including phenoxy) is 1. The Kier molecular flexibility index (Phi) is 5.44. The number of nitrogens with zero attached hydrogens (tertiary/aromatic N) is 1. The van der Waals surface area contributed by atoms with Gasteiger partial charge in [-0.2, -0.15) is 0 Å². The topological polar surface area (TPSA) is 9.23 Å². The predicted molar refractivity (Wildman–Crippen MR) is 54.7 cm³/mol. The molecule has 1 rings (SSSR count). The minimum absolute atomic E-state index is 0. The summed E-state index contributed by atoms with van der Waals surface area (Å²) in [5, 5.41) is 0. The summed E-state index contributed by atoms with van der Waals surface area (Å²) in [7, 11) is 8.24. The lowest BCUT2D eigenvalue weighted by Gasteiger charge is -2.23. The van der Waals surface area contributed by atoms with Crippen molar-refractivity contribution >= 4 is 0 Å². The van der Waals surface area contributed by atoms with E-state index >= 15 is 0 Å². The first-order valence-electron chi connectivity index (χ1n) is 4.45. The third-order valence-corrected chi connectivity index (χ3v) is 1.79. The molecule has 0 aliphatic carbocycles. The van der Waals surface area contributed by atoms with E-state index in [0.29, 0.717) is 0 Å². The number of hydrogen-bond donors (Lipinski definition) is 0. The first-order valence-corrected chi connectivity index (χ1v) is 4.45. The van der Waals surface area contributed by atoms with Gasteiger partial charge in [0.05, 0.1) is 28.3 Å². The summed E-state index contributed by atoms with van der Waals surface area (Å²) < 4.78 is 6.10. The molecule has 0 unspecified atom stereocenters. The lowest BCUT2D eigenvalue weighted by molar-refractivity contribution is -0.884. The van der Waals surface area contributed by atoms with Crippen LogP contribution in [0.5, 0.6) is 5.75 Å². The van der Waals surface area contributed by atoms with Crippen molar-refractivity contribution in [2.24, 2.45) is 0 Å². The zero-order valence-corrected chi connectivity index (χ0v) is 11.4. The Labute approximate surface area is 103 Å². The fourth-order valence-corrected chi connectivity index (χ4v) is 1.32. The van der Waals surface area contributed by atoms with Gasteiger partial charge in [-0.1, -0.05) is 12.1 Å². The molecule has 0 saturated heterocycles. The van der Waals surface area contributed by atoms with Gasteiger partial charge >= 0.3 is 0 Å². The highest BCUT2D eigenvalue weighted by molar-refractivity contribution is 5.27. The normalized spacial score (nSPS) is 10.6. The van der Waals surface area contributed by atoms with E-state index in [1.165, 1.54) is 5.56 Å². The fourth-order valence-electron chi connectivity index (χ4n) is 1.32. The summed E-state index contributed by atoms with van der Waals surface area (Å²) in [6, 6.07) is 8.22. The van der Waals surface area contributed by atoms with Gasteiger partial charge in [0.25, 0.3) is 0 Å². The van der Waals surface area contributed by atoms with E-state index in [2.05, 4.69) is 33.3 Å². The van der Waals surface area contributed by atoms with Gasteiger partial charge in [-0.25, -0.2) is 0 Å². The van der Waals surface area contributed by atoms with Crippen LogP contribution in [0.4, 0.5) is 0 Å². The van der Waals surface area contributed by atoms with E-state index in [-0.39, 0.29) is 24.0 Å². The van der Waals surface area contributed by atoms with Crippen LogP contribution in [0.25, 0.3) is 0 Å². The van der Waals surface area contributed by atoms with Crippen LogP contribution >= 0.6 is 0 Å². The minimum Gasteiger partial charge on any atom is -1.00 e. The molecule has 14 heavy (non-hydrogen) atoms. The van der Waals surface area contributed by atoms with Crippen LogP contribution in [0.2, 0.25) is 0 Å². The van der Waals surface area contributed by atoms with Crippen molar-refractivity contribution in [2.45, 2.75) is 6.54 Å². The summed E-state index contributed by atoms with van der Waals surface area (Å²) in [6.07, 6.45) is 0. The van der Waals surface area contributed by atoms with Crippen LogP contribution in [0.3, 0.4) is 0 Å². The second kappa shape index (κ2) is 5.56. The summed E-state index contributed by atoms with van der Waals surface area (Å²) in [5.41, 5.74) is 1.31. The standard InChI is InChI=1S/C11H18NO.HI/c1-12(2,3)9-10-6-5-7-11(8-10)13-4;/h5-8H,9H2,1-4H3;1H/q+1;/p-1. The average molecular weight is 307 g/mol. The van der Waals surface area contributed by atoms with Crippen LogP contribution < -0.4 is 28.7 Å². The molecule has 0 aliphatic heterocycles. The molecule has 0 N–H and O–H groups in total. The molecule has 0 heterocycles. The first-order chi connectivity index (χ1) is 6.01. The third kappa shape index (κ3) is 4.81. The Morgan fingerprint density at radius 3 is 2.36 bits per heavy atom. The Morgan fingerprint density at radius 1 is 1.21 bits per heavy atom. The summed E-state index contributed by atoms with van der Waals surface area (Å²) in [6.45, 7) is 1.02. The molecule has 0 aliphatic rings. The number of halogens is 1. The molecule has 1 aromatic rings. The predicted octanol–water partition coefficient (Wildman–Crippen LogP) is -1.09. The van der Waals surface area contributed by atoms with Gasteiger partial charge in [0.15, 0.2) is 0 Å². The molecule has 0 amide bonds. The summed E-state index contributed by atoms with van der Waals surface area (Å²) >= 11 is 0. The molecular formula is C11H18INO. The fraction of sp³-hybridized carbons (Fsp3) is 0.455. The van der Waals surface area contributed by atoms with Crippen LogP contribution in [0.15, 0.2) is 24.3 Å². The molecule has 3 heteroatoms.